The van der Waals surface area contributed by atoms with Gasteiger partial charge in [0.15, 0.2) is 5.75 Å². The van der Waals surface area contributed by atoms with Gasteiger partial charge in [-0.3, -0.25) is 4.57 Å². The second-order valence-electron chi connectivity index (χ2n) is 8.72. The maximum Gasteiger partial charge on any atom is 0.152 e. The van der Waals surface area contributed by atoms with Crippen LogP contribution in [0.5, 0.6) is 11.5 Å². The molecule has 0 unspecified atom stereocenters. The number of benzene rings is 3. The lowest BCUT2D eigenvalue weighted by Crippen LogP contribution is -2.12. The van der Waals surface area contributed by atoms with Gasteiger partial charge in [0.25, 0.3) is 0 Å². The van der Waals surface area contributed by atoms with Gasteiger partial charge in [0.05, 0.1) is 11.0 Å². The molecule has 5 aromatic rings. The first-order chi connectivity index (χ1) is 14.9. The van der Waals surface area contributed by atoms with Crippen LogP contribution in [0.25, 0.3) is 27.6 Å². The van der Waals surface area contributed by atoms with Crippen molar-refractivity contribution < 1.29 is 4.74 Å². The fraction of sp³-hybridized carbons (Fsp3) is 0.148. The molecule has 0 saturated heterocycles. The Morgan fingerprint density at radius 3 is 2.42 bits per heavy atom. The Balaban J connectivity index is 1.81. The molecule has 0 amide bonds. The van der Waals surface area contributed by atoms with Gasteiger partial charge < -0.3 is 4.74 Å². The third kappa shape index (κ3) is 3.61. The highest BCUT2D eigenvalue weighted by Crippen LogP contribution is 2.39. The van der Waals surface area contributed by atoms with Crippen molar-refractivity contribution in [2.45, 2.75) is 26.2 Å². The van der Waals surface area contributed by atoms with Crippen molar-refractivity contribution in [1.82, 2.24) is 9.55 Å². The first-order valence-electron chi connectivity index (χ1n) is 10.3. The molecule has 0 aliphatic rings. The Morgan fingerprint density at radius 2 is 1.61 bits per heavy atom. The Morgan fingerprint density at radius 1 is 0.839 bits per heavy atom. The molecule has 0 aliphatic heterocycles. The number of pyridine rings is 1. The van der Waals surface area contributed by atoms with E-state index in [1.54, 1.807) is 0 Å². The topological polar surface area (TPSA) is 27.1 Å². The van der Waals surface area contributed by atoms with Gasteiger partial charge >= 0.3 is 0 Å². The summed E-state index contributed by atoms with van der Waals surface area (Å²) in [5, 5.41) is 2.33. The van der Waals surface area contributed by atoms with Crippen molar-refractivity contribution in [1.29, 1.82) is 0 Å². The van der Waals surface area contributed by atoms with Gasteiger partial charge in [0.2, 0.25) is 0 Å². The summed E-state index contributed by atoms with van der Waals surface area (Å²) in [5.41, 5.74) is 3.41. The molecular weight excluding hydrogens is 448 g/mol. The minimum absolute atomic E-state index is 0.0338. The number of hydrogen-bond donors (Lipinski definition) is 0. The zero-order chi connectivity index (χ0) is 21.6. The average molecular weight is 471 g/mol. The highest BCUT2D eigenvalue weighted by molar-refractivity contribution is 9.10. The van der Waals surface area contributed by atoms with E-state index in [1.807, 2.05) is 42.6 Å². The molecule has 5 rings (SSSR count). The van der Waals surface area contributed by atoms with Crippen LogP contribution in [0.4, 0.5) is 0 Å². The van der Waals surface area contributed by atoms with Gasteiger partial charge in [-0.1, -0.05) is 73.1 Å². The van der Waals surface area contributed by atoms with E-state index < -0.39 is 0 Å². The zero-order valence-corrected chi connectivity index (χ0v) is 19.3. The molecule has 0 spiro atoms. The van der Waals surface area contributed by atoms with Crippen LogP contribution in [0.3, 0.4) is 0 Å². The third-order valence-corrected chi connectivity index (χ3v) is 6.02. The number of ether oxygens (including phenoxy) is 1. The summed E-state index contributed by atoms with van der Waals surface area (Å²) in [7, 11) is 0. The molecule has 0 N–H and O–H groups in total. The quantitative estimate of drug-likeness (QED) is 0.266. The van der Waals surface area contributed by atoms with Gasteiger partial charge in [-0.05, 0) is 53.4 Å². The first-order valence-corrected chi connectivity index (χ1v) is 11.1. The van der Waals surface area contributed by atoms with Gasteiger partial charge in [0.1, 0.15) is 11.6 Å². The number of fused-ring (bicyclic) bond motifs is 3. The van der Waals surface area contributed by atoms with E-state index in [0.29, 0.717) is 0 Å². The Kier molecular flexibility index (Phi) is 4.82. The van der Waals surface area contributed by atoms with Gasteiger partial charge in [-0.2, -0.15) is 0 Å². The predicted molar refractivity (Wildman–Crippen MR) is 131 cm³/mol. The van der Waals surface area contributed by atoms with E-state index >= 15 is 0 Å². The fourth-order valence-electron chi connectivity index (χ4n) is 3.97. The van der Waals surface area contributed by atoms with E-state index in [4.69, 9.17) is 9.72 Å². The summed E-state index contributed by atoms with van der Waals surface area (Å²) in [6.07, 6.45) is 1.90. The van der Waals surface area contributed by atoms with Crippen molar-refractivity contribution in [3.8, 4) is 17.3 Å². The van der Waals surface area contributed by atoms with E-state index in [1.165, 1.54) is 10.9 Å². The minimum atomic E-state index is 0.0338. The summed E-state index contributed by atoms with van der Waals surface area (Å²) in [5.74, 6) is 2.48. The average Bonchev–Trinajstić information content (AvgIpc) is 3.09. The molecular formula is C27H23BrN2O. The number of rotatable bonds is 3. The van der Waals surface area contributed by atoms with Crippen molar-refractivity contribution in [2.75, 3.05) is 0 Å². The molecule has 0 aliphatic carbocycles. The van der Waals surface area contributed by atoms with Crippen LogP contribution in [0.15, 0.2) is 89.5 Å². The summed E-state index contributed by atoms with van der Waals surface area (Å²) >= 11 is 3.54. The number of hydrogen-bond acceptors (Lipinski definition) is 2. The monoisotopic (exact) mass is 470 g/mol. The van der Waals surface area contributed by atoms with Crippen LogP contribution in [0.2, 0.25) is 0 Å². The molecule has 4 heteroatoms. The van der Waals surface area contributed by atoms with E-state index in [9.17, 15) is 0 Å². The largest absolute Gasteiger partial charge is 0.455 e. The highest BCUT2D eigenvalue weighted by Gasteiger charge is 2.19. The molecule has 0 atom stereocenters. The summed E-state index contributed by atoms with van der Waals surface area (Å²) in [4.78, 5) is 4.76. The Bertz CT molecular complexity index is 1410. The van der Waals surface area contributed by atoms with Crippen molar-refractivity contribution in [2.24, 2.45) is 0 Å². The van der Waals surface area contributed by atoms with Crippen LogP contribution >= 0.6 is 15.9 Å². The molecule has 0 fully saturated rings. The molecule has 2 heterocycles. The van der Waals surface area contributed by atoms with Crippen LogP contribution in [0, 0.1) is 0 Å². The fourth-order valence-corrected chi connectivity index (χ4v) is 4.35. The number of para-hydroxylation sites is 2. The van der Waals surface area contributed by atoms with Gasteiger partial charge in [0, 0.05) is 21.4 Å². The SMILES string of the molecule is CC(C)(C)c1ccnc(-n2c3ccccc3c3cccc(Oc4cccc(Br)c4)c32)c1. The molecule has 0 bridgehead atoms. The molecule has 2 aromatic heterocycles. The molecule has 3 aromatic carbocycles. The highest BCUT2D eigenvalue weighted by atomic mass is 79.9. The lowest BCUT2D eigenvalue weighted by Gasteiger charge is -2.20. The summed E-state index contributed by atoms with van der Waals surface area (Å²) in [6, 6.07) is 26.8. The number of halogens is 1. The lowest BCUT2D eigenvalue weighted by molar-refractivity contribution is 0.486. The van der Waals surface area contributed by atoms with Crippen molar-refractivity contribution in [3.05, 3.63) is 95.1 Å². The number of nitrogens with zero attached hydrogens (tertiary/aromatic N) is 2. The maximum atomic E-state index is 6.38. The number of aromatic nitrogens is 2. The van der Waals surface area contributed by atoms with E-state index in [2.05, 4.69) is 83.7 Å². The van der Waals surface area contributed by atoms with Crippen molar-refractivity contribution in [3.63, 3.8) is 0 Å². The molecule has 0 saturated carbocycles. The second-order valence-corrected chi connectivity index (χ2v) is 9.63. The van der Waals surface area contributed by atoms with E-state index in [-0.39, 0.29) is 5.41 Å². The Labute approximate surface area is 190 Å². The van der Waals surface area contributed by atoms with Gasteiger partial charge in [-0.15, -0.1) is 0 Å². The third-order valence-electron chi connectivity index (χ3n) is 5.52. The first kappa shape index (κ1) is 19.8. The zero-order valence-electron chi connectivity index (χ0n) is 17.8. The Hall–Kier alpha value is -3.11. The lowest BCUT2D eigenvalue weighted by atomic mass is 9.88. The maximum absolute atomic E-state index is 6.38. The molecule has 154 valence electrons. The van der Waals surface area contributed by atoms with Gasteiger partial charge in [-0.25, -0.2) is 4.98 Å². The van der Waals surface area contributed by atoms with Crippen molar-refractivity contribution >= 4 is 37.7 Å². The smallest absolute Gasteiger partial charge is 0.152 e. The van der Waals surface area contributed by atoms with Crippen LogP contribution in [0.1, 0.15) is 26.3 Å². The predicted octanol–water partition coefficient (Wildman–Crippen LogP) is 8.03. The normalized spacial score (nSPS) is 11.9. The molecule has 0 radical (unpaired) electrons. The van der Waals surface area contributed by atoms with Crippen LogP contribution in [-0.4, -0.2) is 9.55 Å². The molecule has 31 heavy (non-hydrogen) atoms. The van der Waals surface area contributed by atoms with Crippen LogP contribution in [-0.2, 0) is 5.41 Å². The standard InChI is InChI=1S/C27H23BrN2O/c1-27(2,3)18-14-15-29-25(16-18)30-23-12-5-4-10-21(23)22-11-7-13-24(26(22)30)31-20-9-6-8-19(28)17-20/h4-17H,1-3H3. The second kappa shape index (κ2) is 7.54. The summed E-state index contributed by atoms with van der Waals surface area (Å²) in [6.45, 7) is 6.67. The van der Waals surface area contributed by atoms with Crippen LogP contribution < -0.4 is 4.74 Å². The summed E-state index contributed by atoms with van der Waals surface area (Å²) < 4.78 is 9.58. The van der Waals surface area contributed by atoms with E-state index in [0.717, 1.165) is 38.2 Å². The minimum Gasteiger partial charge on any atom is -0.455 e. The molecule has 3 nitrogen and oxygen atoms in total.